The molecule has 1 aromatic carbocycles. The van der Waals surface area contributed by atoms with Gasteiger partial charge in [0.05, 0.1) is 23.9 Å². The van der Waals surface area contributed by atoms with Gasteiger partial charge in [-0.1, -0.05) is 51.5 Å². The van der Waals surface area contributed by atoms with Gasteiger partial charge < -0.3 is 30.3 Å². The summed E-state index contributed by atoms with van der Waals surface area (Å²) in [6.07, 6.45) is 10.4. The van der Waals surface area contributed by atoms with Crippen LogP contribution in [0, 0.1) is 52.3 Å². The van der Waals surface area contributed by atoms with Gasteiger partial charge in [-0.25, -0.2) is 0 Å². The van der Waals surface area contributed by atoms with Crippen molar-refractivity contribution in [3.05, 3.63) is 53.6 Å². The largest absolute Gasteiger partial charge is 0.508 e. The molecule has 46 heavy (non-hydrogen) atoms. The van der Waals surface area contributed by atoms with Crippen molar-refractivity contribution in [2.24, 2.45) is 52.3 Å². The standard InChI is InChI=1S/C39H52O7/c1-21(2)22(3)34-35(46-34)38(44)14-5-8-24-18-27-28(19-29(41)32-26-10-6-13-36(27,32)20-30(42)33(26)43)39(45)16-12-31(38)37(24,39)15-11-23-7-4-9-25(40)17-23/h4-5,7-9,17,19,21-22,24,26-27,30-35,40,42-45H,6,10-16,18,20H2,1-3H3/t22-,24-,26-,27+,30+,31+,32+,33-,34+,35-,36-,37-,38-,39-/m1/s1. The average molecular weight is 633 g/mol. The molecular formula is C39H52O7. The third-order valence-electron chi connectivity index (χ3n) is 14.9. The summed E-state index contributed by atoms with van der Waals surface area (Å²) in [5.41, 5.74) is -1.91. The van der Waals surface area contributed by atoms with Crippen molar-refractivity contribution in [2.75, 3.05) is 0 Å². The van der Waals surface area contributed by atoms with E-state index in [9.17, 15) is 30.3 Å². The Morgan fingerprint density at radius 3 is 2.65 bits per heavy atom. The number of carbonyl (C=O) groups is 1. The first-order chi connectivity index (χ1) is 21.9. The summed E-state index contributed by atoms with van der Waals surface area (Å²) in [5, 5.41) is 58.9. The number of aromatic hydroxyl groups is 1. The topological polar surface area (TPSA) is 131 Å². The molecule has 0 amide bonds. The number of ketones is 1. The summed E-state index contributed by atoms with van der Waals surface area (Å²) in [4.78, 5) is 14.2. The van der Waals surface area contributed by atoms with Crippen LogP contribution in [0.2, 0.25) is 0 Å². The zero-order valence-electron chi connectivity index (χ0n) is 27.5. The second-order valence-electron chi connectivity index (χ2n) is 16.8. The molecule has 1 heterocycles. The third kappa shape index (κ3) is 4.05. The van der Waals surface area contributed by atoms with Gasteiger partial charge >= 0.3 is 0 Å². The van der Waals surface area contributed by atoms with Crippen LogP contribution in [0.15, 0.2) is 48.1 Å². The molecule has 1 saturated heterocycles. The summed E-state index contributed by atoms with van der Waals surface area (Å²) in [5.74, 6) is -0.0578. The van der Waals surface area contributed by atoms with Gasteiger partial charge in [0.2, 0.25) is 0 Å². The van der Waals surface area contributed by atoms with Gasteiger partial charge in [0.1, 0.15) is 17.5 Å². The van der Waals surface area contributed by atoms with Gasteiger partial charge in [-0.3, -0.25) is 4.79 Å². The van der Waals surface area contributed by atoms with Gasteiger partial charge in [-0.15, -0.1) is 0 Å². The van der Waals surface area contributed by atoms with Crippen molar-refractivity contribution in [3.8, 4) is 5.75 Å². The van der Waals surface area contributed by atoms with Crippen LogP contribution in [0.5, 0.6) is 5.75 Å². The number of carbonyl (C=O) groups excluding carboxylic acids is 1. The van der Waals surface area contributed by atoms with E-state index in [0.717, 1.165) is 36.8 Å². The molecule has 8 rings (SSSR count). The monoisotopic (exact) mass is 632 g/mol. The lowest BCUT2D eigenvalue weighted by Gasteiger charge is -2.66. The Hall–Kier alpha value is -2.03. The van der Waals surface area contributed by atoms with E-state index in [1.165, 1.54) is 0 Å². The predicted octanol–water partition coefficient (Wildman–Crippen LogP) is 4.88. The Morgan fingerprint density at radius 2 is 1.89 bits per heavy atom. The zero-order valence-corrected chi connectivity index (χ0v) is 27.5. The summed E-state index contributed by atoms with van der Waals surface area (Å²) in [6, 6.07) is 7.32. The highest BCUT2D eigenvalue weighted by atomic mass is 16.6. The molecule has 7 aliphatic rings. The van der Waals surface area contributed by atoms with E-state index >= 15 is 0 Å². The van der Waals surface area contributed by atoms with E-state index in [1.807, 2.05) is 12.1 Å². The van der Waals surface area contributed by atoms with Crippen LogP contribution in [-0.4, -0.2) is 66.9 Å². The van der Waals surface area contributed by atoms with Gasteiger partial charge in [-0.2, -0.15) is 0 Å². The number of rotatable bonds is 6. The molecule has 5 N–H and O–H groups in total. The SMILES string of the molecule is CC(C)[C@@H](C)[C@@H]1O[C@H]1[C@@]1(O)CC=C[C@@H]2C[C@H]3C(=CC(=O)[C@@H]4[C@H]5CCC[C@]43C[C@H](O)[C@@H]5O)[C@]3(O)CC[C@H]1[C@@]23CCc1cccc(O)c1. The zero-order chi connectivity index (χ0) is 32.4. The molecule has 0 aromatic heterocycles. The number of phenols is 1. The highest BCUT2D eigenvalue weighted by Crippen LogP contribution is 2.75. The van der Waals surface area contributed by atoms with E-state index in [2.05, 4.69) is 32.9 Å². The van der Waals surface area contributed by atoms with E-state index in [0.29, 0.717) is 50.4 Å². The number of aryl methyl sites for hydroxylation is 1. The highest BCUT2D eigenvalue weighted by molar-refractivity contribution is 5.95. The fourth-order valence-electron chi connectivity index (χ4n) is 12.6. The minimum atomic E-state index is -1.32. The maximum absolute atomic E-state index is 14.2. The number of fused-ring (bicyclic) bond motifs is 2. The Labute approximate surface area is 272 Å². The highest BCUT2D eigenvalue weighted by Gasteiger charge is 2.76. The molecule has 0 spiro atoms. The molecule has 14 atom stereocenters. The molecule has 0 unspecified atom stereocenters. The molecule has 250 valence electrons. The van der Waals surface area contributed by atoms with Crippen LogP contribution in [0.25, 0.3) is 0 Å². The average Bonchev–Trinajstić information content (AvgIpc) is 3.77. The maximum Gasteiger partial charge on any atom is 0.159 e. The Morgan fingerprint density at radius 1 is 1.09 bits per heavy atom. The van der Waals surface area contributed by atoms with Crippen molar-refractivity contribution in [1.29, 1.82) is 0 Å². The smallest absolute Gasteiger partial charge is 0.159 e. The fraction of sp³-hybridized carbons (Fsp3) is 0.718. The quantitative estimate of drug-likeness (QED) is 0.223. The molecule has 0 radical (unpaired) electrons. The molecule has 1 aromatic rings. The summed E-state index contributed by atoms with van der Waals surface area (Å²) < 4.78 is 6.38. The molecule has 5 fully saturated rings. The predicted molar refractivity (Wildman–Crippen MR) is 172 cm³/mol. The van der Waals surface area contributed by atoms with E-state index in [4.69, 9.17) is 4.74 Å². The van der Waals surface area contributed by atoms with Crippen LogP contribution >= 0.6 is 0 Å². The molecule has 2 bridgehead atoms. The second-order valence-corrected chi connectivity index (χ2v) is 16.8. The minimum absolute atomic E-state index is 0.00358. The van der Waals surface area contributed by atoms with Crippen molar-refractivity contribution < 1.29 is 35.1 Å². The van der Waals surface area contributed by atoms with Crippen molar-refractivity contribution in [3.63, 3.8) is 0 Å². The van der Waals surface area contributed by atoms with Crippen LogP contribution in [0.4, 0.5) is 0 Å². The second kappa shape index (κ2) is 10.5. The maximum atomic E-state index is 14.2. The van der Waals surface area contributed by atoms with Crippen LogP contribution in [-0.2, 0) is 16.0 Å². The Kier molecular flexibility index (Phi) is 7.12. The van der Waals surface area contributed by atoms with Gasteiger partial charge in [0.15, 0.2) is 5.78 Å². The number of ether oxygens (including phenoxy) is 1. The number of hydrogen-bond donors (Lipinski definition) is 5. The molecule has 4 saturated carbocycles. The van der Waals surface area contributed by atoms with E-state index in [-0.39, 0.29) is 53.3 Å². The Balaban J connectivity index is 1.26. The van der Waals surface area contributed by atoms with Gasteiger partial charge in [0.25, 0.3) is 0 Å². The lowest BCUT2D eigenvalue weighted by atomic mass is 9.39. The van der Waals surface area contributed by atoms with E-state index in [1.54, 1.807) is 18.2 Å². The number of aliphatic hydroxyl groups is 4. The summed E-state index contributed by atoms with van der Waals surface area (Å²) in [6.45, 7) is 6.58. The lowest BCUT2D eigenvalue weighted by molar-refractivity contribution is -0.202. The minimum Gasteiger partial charge on any atom is -0.508 e. The molecular weight excluding hydrogens is 580 g/mol. The molecule has 7 heteroatoms. The summed E-state index contributed by atoms with van der Waals surface area (Å²) in [7, 11) is 0. The number of epoxide rings is 1. The first-order valence-corrected chi connectivity index (χ1v) is 18.0. The van der Waals surface area contributed by atoms with Crippen molar-refractivity contribution in [2.45, 2.75) is 121 Å². The third-order valence-corrected chi connectivity index (χ3v) is 14.9. The van der Waals surface area contributed by atoms with E-state index < -0.39 is 34.2 Å². The number of aliphatic hydroxyl groups excluding tert-OH is 2. The lowest BCUT2D eigenvalue weighted by Crippen LogP contribution is -2.68. The van der Waals surface area contributed by atoms with Crippen LogP contribution in [0.1, 0.15) is 84.1 Å². The molecule has 6 aliphatic carbocycles. The summed E-state index contributed by atoms with van der Waals surface area (Å²) >= 11 is 0. The van der Waals surface area contributed by atoms with Gasteiger partial charge in [0, 0.05) is 17.3 Å². The van der Waals surface area contributed by atoms with Crippen LogP contribution in [0.3, 0.4) is 0 Å². The number of allylic oxidation sites excluding steroid dienone is 2. The number of benzene rings is 1. The normalized spacial score (nSPS) is 49.4. The first-order valence-electron chi connectivity index (χ1n) is 18.0. The Bertz CT molecular complexity index is 1470. The van der Waals surface area contributed by atoms with Gasteiger partial charge in [-0.05, 0) is 122 Å². The molecule has 1 aliphatic heterocycles. The van der Waals surface area contributed by atoms with Crippen LogP contribution < -0.4 is 0 Å². The fourth-order valence-corrected chi connectivity index (χ4v) is 12.6. The molecule has 7 nitrogen and oxygen atoms in total. The first kappa shape index (κ1) is 31.3. The number of phenolic OH excluding ortho intramolecular Hbond substituents is 1. The van der Waals surface area contributed by atoms with Crippen molar-refractivity contribution >= 4 is 5.78 Å². The number of hydrogen-bond acceptors (Lipinski definition) is 7. The van der Waals surface area contributed by atoms with Crippen molar-refractivity contribution in [1.82, 2.24) is 0 Å².